The van der Waals surface area contributed by atoms with E-state index in [9.17, 15) is 4.79 Å². The molecule has 1 aromatic heterocycles. The van der Waals surface area contributed by atoms with Gasteiger partial charge in [0.05, 0.1) is 5.69 Å². The number of hydrogen-bond donors (Lipinski definition) is 1. The maximum absolute atomic E-state index is 11.9. The minimum atomic E-state index is -0.136. The predicted octanol–water partition coefficient (Wildman–Crippen LogP) is 4.04. The minimum Gasteiger partial charge on any atom is -0.306 e. The van der Waals surface area contributed by atoms with Gasteiger partial charge in [0.25, 0.3) is 5.56 Å². The van der Waals surface area contributed by atoms with Gasteiger partial charge in [-0.15, -0.1) is 0 Å². The number of nitrogens with one attached hydrogen (secondary N) is 1. The highest BCUT2D eigenvalue weighted by Gasteiger charge is 2.29. The van der Waals surface area contributed by atoms with Gasteiger partial charge < -0.3 is 4.98 Å². The van der Waals surface area contributed by atoms with Gasteiger partial charge >= 0.3 is 0 Å². The molecule has 1 aliphatic carbocycles. The standard InChI is InChI=1S/C14H12BrClN2O/c1-7-2-3-9(6-10(7)16)13-17-12(8-4-5-8)11(15)14(19)18-13/h2-3,6,8H,4-5H2,1H3,(H,17,18,19). The summed E-state index contributed by atoms with van der Waals surface area (Å²) in [6.45, 7) is 1.94. The Labute approximate surface area is 124 Å². The average molecular weight is 340 g/mol. The molecule has 0 saturated heterocycles. The Bertz CT molecular complexity index is 707. The van der Waals surface area contributed by atoms with Gasteiger partial charge in [0, 0.05) is 16.5 Å². The van der Waals surface area contributed by atoms with Crippen molar-refractivity contribution < 1.29 is 0 Å². The summed E-state index contributed by atoms with van der Waals surface area (Å²) < 4.78 is 0.553. The Morgan fingerprint density at radius 1 is 1.42 bits per heavy atom. The molecule has 0 atom stereocenters. The van der Waals surface area contributed by atoms with Crippen LogP contribution in [0.2, 0.25) is 5.02 Å². The molecule has 0 bridgehead atoms. The van der Waals surface area contributed by atoms with Crippen LogP contribution in [0, 0.1) is 6.92 Å². The van der Waals surface area contributed by atoms with Crippen molar-refractivity contribution in [2.75, 3.05) is 0 Å². The van der Waals surface area contributed by atoms with Crippen LogP contribution in [-0.4, -0.2) is 9.97 Å². The quantitative estimate of drug-likeness (QED) is 0.897. The zero-order chi connectivity index (χ0) is 13.6. The van der Waals surface area contributed by atoms with Gasteiger partial charge in [-0.3, -0.25) is 4.79 Å². The molecule has 0 amide bonds. The fraction of sp³-hybridized carbons (Fsp3) is 0.286. The monoisotopic (exact) mass is 338 g/mol. The summed E-state index contributed by atoms with van der Waals surface area (Å²) in [5, 5.41) is 0.677. The van der Waals surface area contributed by atoms with Gasteiger partial charge in [0.1, 0.15) is 10.3 Å². The van der Waals surface area contributed by atoms with Gasteiger partial charge in [-0.25, -0.2) is 4.98 Å². The second-order valence-corrected chi connectivity index (χ2v) is 6.05. The lowest BCUT2D eigenvalue weighted by Gasteiger charge is -2.07. The molecule has 1 fully saturated rings. The van der Waals surface area contributed by atoms with Crippen molar-refractivity contribution in [3.63, 3.8) is 0 Å². The van der Waals surface area contributed by atoms with E-state index in [1.54, 1.807) is 0 Å². The van der Waals surface area contributed by atoms with Crippen LogP contribution in [0.15, 0.2) is 27.5 Å². The minimum absolute atomic E-state index is 0.136. The molecule has 0 radical (unpaired) electrons. The molecule has 3 nitrogen and oxygen atoms in total. The maximum Gasteiger partial charge on any atom is 0.265 e. The van der Waals surface area contributed by atoms with Crippen LogP contribution in [0.5, 0.6) is 0 Å². The van der Waals surface area contributed by atoms with Gasteiger partial charge in [-0.2, -0.15) is 0 Å². The molecule has 3 rings (SSSR count). The van der Waals surface area contributed by atoms with Gasteiger partial charge in [-0.1, -0.05) is 23.7 Å². The number of H-pyrrole nitrogens is 1. The van der Waals surface area contributed by atoms with E-state index in [0.29, 0.717) is 21.2 Å². The van der Waals surface area contributed by atoms with Crippen LogP contribution in [0.3, 0.4) is 0 Å². The van der Waals surface area contributed by atoms with E-state index in [1.807, 2.05) is 25.1 Å². The lowest BCUT2D eigenvalue weighted by Crippen LogP contribution is -2.13. The molecule has 5 heteroatoms. The third kappa shape index (κ3) is 2.47. The van der Waals surface area contributed by atoms with Crippen molar-refractivity contribution in [1.29, 1.82) is 0 Å². The van der Waals surface area contributed by atoms with Crippen LogP contribution in [-0.2, 0) is 0 Å². The van der Waals surface area contributed by atoms with Crippen molar-refractivity contribution in [3.8, 4) is 11.4 Å². The molecule has 1 heterocycles. The summed E-state index contributed by atoms with van der Waals surface area (Å²) in [5.74, 6) is 0.994. The smallest absolute Gasteiger partial charge is 0.265 e. The SMILES string of the molecule is Cc1ccc(-c2nc(C3CC3)c(Br)c(=O)[nH]2)cc1Cl. The normalized spacial score (nSPS) is 14.7. The highest BCUT2D eigenvalue weighted by atomic mass is 79.9. The van der Waals surface area contributed by atoms with E-state index in [0.717, 1.165) is 29.7 Å². The number of hydrogen-bond acceptors (Lipinski definition) is 2. The molecule has 1 aromatic carbocycles. The van der Waals surface area contributed by atoms with Crippen LogP contribution in [0.25, 0.3) is 11.4 Å². The zero-order valence-corrected chi connectivity index (χ0v) is 12.7. The van der Waals surface area contributed by atoms with Crippen molar-refractivity contribution in [2.24, 2.45) is 0 Å². The fourth-order valence-corrected chi connectivity index (χ4v) is 2.67. The number of aryl methyl sites for hydroxylation is 1. The fourth-order valence-electron chi connectivity index (χ4n) is 1.98. The van der Waals surface area contributed by atoms with Crippen LogP contribution >= 0.6 is 27.5 Å². The molecular weight excluding hydrogens is 328 g/mol. The zero-order valence-electron chi connectivity index (χ0n) is 10.3. The van der Waals surface area contributed by atoms with Crippen molar-refractivity contribution in [3.05, 3.63) is 49.3 Å². The average Bonchev–Trinajstić information content (AvgIpc) is 3.20. The second kappa shape index (κ2) is 4.76. The number of nitrogens with zero attached hydrogens (tertiary/aromatic N) is 1. The number of rotatable bonds is 2. The maximum atomic E-state index is 11.9. The van der Waals surface area contributed by atoms with E-state index in [1.165, 1.54) is 0 Å². The summed E-state index contributed by atoms with van der Waals surface area (Å²) in [5.41, 5.74) is 2.56. The molecule has 0 unspecified atom stereocenters. The van der Waals surface area contributed by atoms with E-state index < -0.39 is 0 Å². The van der Waals surface area contributed by atoms with E-state index in [2.05, 4.69) is 25.9 Å². The van der Waals surface area contributed by atoms with Gasteiger partial charge in [0.2, 0.25) is 0 Å². The van der Waals surface area contributed by atoms with E-state index >= 15 is 0 Å². The predicted molar refractivity (Wildman–Crippen MR) is 79.7 cm³/mol. The highest BCUT2D eigenvalue weighted by Crippen LogP contribution is 2.41. The first kappa shape index (κ1) is 12.9. The third-order valence-corrected chi connectivity index (χ3v) is 4.47. The number of halogens is 2. The lowest BCUT2D eigenvalue weighted by atomic mass is 10.1. The Morgan fingerprint density at radius 2 is 2.16 bits per heavy atom. The van der Waals surface area contributed by atoms with E-state index in [4.69, 9.17) is 11.6 Å². The Morgan fingerprint density at radius 3 is 2.79 bits per heavy atom. The first-order valence-corrected chi connectivity index (χ1v) is 7.29. The molecule has 0 spiro atoms. The second-order valence-electron chi connectivity index (χ2n) is 4.85. The summed E-state index contributed by atoms with van der Waals surface area (Å²) >= 11 is 9.44. The van der Waals surface area contributed by atoms with Gasteiger partial charge in [-0.05, 0) is 47.3 Å². The largest absolute Gasteiger partial charge is 0.306 e. The summed E-state index contributed by atoms with van der Waals surface area (Å²) in [4.78, 5) is 19.3. The lowest BCUT2D eigenvalue weighted by molar-refractivity contribution is 0.960. The first-order valence-electron chi connectivity index (χ1n) is 6.12. The van der Waals surface area contributed by atoms with Crippen LogP contribution in [0.4, 0.5) is 0 Å². The van der Waals surface area contributed by atoms with Gasteiger partial charge in [0.15, 0.2) is 0 Å². The Kier molecular flexibility index (Phi) is 3.23. The van der Waals surface area contributed by atoms with Crippen LogP contribution in [0.1, 0.15) is 30.0 Å². The van der Waals surface area contributed by atoms with E-state index in [-0.39, 0.29) is 5.56 Å². The number of aromatic amines is 1. The number of aromatic nitrogens is 2. The summed E-state index contributed by atoms with van der Waals surface area (Å²) in [6, 6.07) is 5.68. The molecule has 1 N–H and O–H groups in total. The molecule has 1 aliphatic rings. The highest BCUT2D eigenvalue weighted by molar-refractivity contribution is 9.10. The molecular formula is C14H12BrClN2O. The van der Waals surface area contributed by atoms with Crippen LogP contribution < -0.4 is 5.56 Å². The summed E-state index contributed by atoms with van der Waals surface area (Å²) in [7, 11) is 0. The molecule has 0 aliphatic heterocycles. The molecule has 1 saturated carbocycles. The molecule has 2 aromatic rings. The van der Waals surface area contributed by atoms with Crippen molar-refractivity contribution >= 4 is 27.5 Å². The molecule has 98 valence electrons. The van der Waals surface area contributed by atoms with Crippen molar-refractivity contribution in [2.45, 2.75) is 25.7 Å². The topological polar surface area (TPSA) is 45.8 Å². The third-order valence-electron chi connectivity index (χ3n) is 3.30. The summed E-state index contributed by atoms with van der Waals surface area (Å²) in [6.07, 6.45) is 2.20. The molecule has 19 heavy (non-hydrogen) atoms. The first-order chi connectivity index (χ1) is 9.06. The Balaban J connectivity index is 2.14. The number of benzene rings is 1. The Hall–Kier alpha value is -1.13. The van der Waals surface area contributed by atoms with Crippen molar-refractivity contribution in [1.82, 2.24) is 9.97 Å².